The number of hydrogen-bond donors (Lipinski definition) is 0. The summed E-state index contributed by atoms with van der Waals surface area (Å²) in [6.45, 7) is 2.33. The largest absolute Gasteiger partial charge is 0.335 e. The molecule has 0 saturated heterocycles. The van der Waals surface area contributed by atoms with Crippen molar-refractivity contribution in [3.05, 3.63) is 65.2 Å². The number of hydrogen-bond acceptors (Lipinski definition) is 5. The molecule has 23 heavy (non-hydrogen) atoms. The highest BCUT2D eigenvalue weighted by Crippen LogP contribution is 2.28. The first-order valence-electron chi connectivity index (χ1n) is 7.18. The Bertz CT molecular complexity index is 802. The SMILES string of the molecule is Cc1nc(-c2cccnc2)sc1C(=O)N(C)Cc1ccccn1. The Hall–Kier alpha value is -2.60. The van der Waals surface area contributed by atoms with Crippen LogP contribution in [0, 0.1) is 6.92 Å². The van der Waals surface area contributed by atoms with E-state index in [0.29, 0.717) is 11.4 Å². The van der Waals surface area contributed by atoms with Gasteiger partial charge in [0.05, 0.1) is 17.9 Å². The summed E-state index contributed by atoms with van der Waals surface area (Å²) in [6, 6.07) is 9.49. The van der Waals surface area contributed by atoms with Crippen LogP contribution in [0.3, 0.4) is 0 Å². The van der Waals surface area contributed by atoms with Crippen LogP contribution in [0.2, 0.25) is 0 Å². The zero-order valence-electron chi connectivity index (χ0n) is 12.9. The van der Waals surface area contributed by atoms with Gasteiger partial charge in [-0.3, -0.25) is 14.8 Å². The van der Waals surface area contributed by atoms with Crippen LogP contribution >= 0.6 is 11.3 Å². The van der Waals surface area contributed by atoms with E-state index >= 15 is 0 Å². The zero-order valence-corrected chi connectivity index (χ0v) is 13.7. The molecule has 0 N–H and O–H groups in total. The maximum absolute atomic E-state index is 12.7. The van der Waals surface area contributed by atoms with Crippen molar-refractivity contribution in [1.29, 1.82) is 0 Å². The van der Waals surface area contributed by atoms with Gasteiger partial charge < -0.3 is 4.90 Å². The van der Waals surface area contributed by atoms with E-state index in [4.69, 9.17) is 0 Å². The molecular formula is C17H16N4OS. The summed E-state index contributed by atoms with van der Waals surface area (Å²) in [7, 11) is 1.78. The van der Waals surface area contributed by atoms with Gasteiger partial charge in [-0.1, -0.05) is 6.07 Å². The first kappa shape index (κ1) is 15.3. The van der Waals surface area contributed by atoms with E-state index < -0.39 is 0 Å². The maximum atomic E-state index is 12.7. The van der Waals surface area contributed by atoms with Crippen molar-refractivity contribution in [2.24, 2.45) is 0 Å². The number of nitrogens with zero attached hydrogens (tertiary/aromatic N) is 4. The summed E-state index contributed by atoms with van der Waals surface area (Å²) in [5.74, 6) is -0.0409. The zero-order chi connectivity index (χ0) is 16.2. The van der Waals surface area contributed by atoms with E-state index in [1.165, 1.54) is 11.3 Å². The summed E-state index contributed by atoms with van der Waals surface area (Å²) in [5.41, 5.74) is 2.52. The molecule has 1 amide bonds. The van der Waals surface area contributed by atoms with Crippen LogP contribution < -0.4 is 0 Å². The van der Waals surface area contributed by atoms with Crippen molar-refractivity contribution in [1.82, 2.24) is 19.9 Å². The van der Waals surface area contributed by atoms with Crippen LogP contribution in [0.4, 0.5) is 0 Å². The van der Waals surface area contributed by atoms with Gasteiger partial charge >= 0.3 is 0 Å². The van der Waals surface area contributed by atoms with Gasteiger partial charge in [0.1, 0.15) is 9.88 Å². The molecule has 0 aliphatic rings. The minimum Gasteiger partial charge on any atom is -0.335 e. The minimum atomic E-state index is -0.0409. The number of pyridine rings is 2. The van der Waals surface area contributed by atoms with Gasteiger partial charge in [0.15, 0.2) is 0 Å². The molecular weight excluding hydrogens is 308 g/mol. The quantitative estimate of drug-likeness (QED) is 0.739. The molecule has 3 heterocycles. The Morgan fingerprint density at radius 3 is 2.78 bits per heavy atom. The summed E-state index contributed by atoms with van der Waals surface area (Å²) in [6.07, 6.45) is 5.20. The second-order valence-electron chi connectivity index (χ2n) is 5.16. The number of aromatic nitrogens is 3. The normalized spacial score (nSPS) is 10.5. The van der Waals surface area contributed by atoms with Gasteiger partial charge in [0.25, 0.3) is 5.91 Å². The molecule has 3 aromatic heterocycles. The first-order chi connectivity index (χ1) is 11.1. The Morgan fingerprint density at radius 1 is 1.22 bits per heavy atom. The molecule has 0 saturated carbocycles. The molecule has 3 rings (SSSR count). The third-order valence-electron chi connectivity index (χ3n) is 3.37. The Morgan fingerprint density at radius 2 is 2.09 bits per heavy atom. The predicted octanol–water partition coefficient (Wildman–Crippen LogP) is 3.18. The van der Waals surface area contributed by atoms with Crippen molar-refractivity contribution in [3.8, 4) is 10.6 Å². The lowest BCUT2D eigenvalue weighted by Gasteiger charge is -2.15. The molecule has 0 radical (unpaired) electrons. The van der Waals surface area contributed by atoms with E-state index in [2.05, 4.69) is 15.0 Å². The first-order valence-corrected chi connectivity index (χ1v) is 8.00. The van der Waals surface area contributed by atoms with E-state index in [0.717, 1.165) is 22.0 Å². The fourth-order valence-electron chi connectivity index (χ4n) is 2.19. The van der Waals surface area contributed by atoms with Crippen molar-refractivity contribution in [2.75, 3.05) is 7.05 Å². The molecule has 6 heteroatoms. The molecule has 0 fully saturated rings. The van der Waals surface area contributed by atoms with Crippen molar-refractivity contribution in [3.63, 3.8) is 0 Å². The molecule has 0 aliphatic heterocycles. The molecule has 0 bridgehead atoms. The van der Waals surface area contributed by atoms with Gasteiger partial charge in [-0.15, -0.1) is 11.3 Å². The van der Waals surface area contributed by atoms with Crippen LogP contribution in [0.1, 0.15) is 21.1 Å². The topological polar surface area (TPSA) is 59.0 Å². The Balaban J connectivity index is 1.81. The van der Waals surface area contributed by atoms with Crippen LogP contribution in [0.15, 0.2) is 48.9 Å². The lowest BCUT2D eigenvalue weighted by Crippen LogP contribution is -2.26. The summed E-state index contributed by atoms with van der Waals surface area (Å²) in [5, 5.41) is 0.810. The van der Waals surface area contributed by atoms with E-state index in [1.54, 1.807) is 30.5 Å². The van der Waals surface area contributed by atoms with Crippen LogP contribution in [-0.4, -0.2) is 32.8 Å². The molecule has 116 valence electrons. The molecule has 0 unspecified atom stereocenters. The van der Waals surface area contributed by atoms with E-state index in [-0.39, 0.29) is 5.91 Å². The second-order valence-corrected chi connectivity index (χ2v) is 6.16. The molecule has 5 nitrogen and oxygen atoms in total. The second kappa shape index (κ2) is 6.66. The highest BCUT2D eigenvalue weighted by Gasteiger charge is 2.20. The standard InChI is InChI=1S/C17H16N4OS/c1-12-15(23-16(20-12)13-6-5-8-18-10-13)17(22)21(2)11-14-7-3-4-9-19-14/h3-10H,11H2,1-2H3. The summed E-state index contributed by atoms with van der Waals surface area (Å²) < 4.78 is 0. The summed E-state index contributed by atoms with van der Waals surface area (Å²) in [4.78, 5) is 27.8. The highest BCUT2D eigenvalue weighted by atomic mass is 32.1. The van der Waals surface area contributed by atoms with Gasteiger partial charge in [-0.05, 0) is 31.2 Å². The minimum absolute atomic E-state index is 0.0409. The van der Waals surface area contributed by atoms with Gasteiger partial charge in [-0.25, -0.2) is 4.98 Å². The lowest BCUT2D eigenvalue weighted by atomic mass is 10.3. The number of rotatable bonds is 4. The van der Waals surface area contributed by atoms with Gasteiger partial charge in [-0.2, -0.15) is 0 Å². The van der Waals surface area contributed by atoms with Crippen molar-refractivity contribution in [2.45, 2.75) is 13.5 Å². The number of carbonyl (C=O) groups is 1. The average molecular weight is 324 g/mol. The van der Waals surface area contributed by atoms with Crippen molar-refractivity contribution >= 4 is 17.2 Å². The number of carbonyl (C=O) groups excluding carboxylic acids is 1. The number of amides is 1. The third kappa shape index (κ3) is 3.43. The molecule has 0 atom stereocenters. The smallest absolute Gasteiger partial charge is 0.265 e. The summed E-state index contributed by atoms with van der Waals surface area (Å²) >= 11 is 1.40. The predicted molar refractivity (Wildman–Crippen MR) is 90.1 cm³/mol. The molecule has 0 spiro atoms. The number of thiazole rings is 1. The molecule has 0 aliphatic carbocycles. The third-order valence-corrected chi connectivity index (χ3v) is 4.57. The fourth-order valence-corrected chi connectivity index (χ4v) is 3.24. The van der Waals surface area contributed by atoms with Crippen LogP contribution in [-0.2, 0) is 6.54 Å². The van der Waals surface area contributed by atoms with E-state index in [9.17, 15) is 4.79 Å². The maximum Gasteiger partial charge on any atom is 0.265 e. The van der Waals surface area contributed by atoms with E-state index in [1.807, 2.05) is 37.3 Å². The van der Waals surface area contributed by atoms with Gasteiger partial charge in [0, 0.05) is 31.2 Å². The average Bonchev–Trinajstić information content (AvgIpc) is 2.97. The van der Waals surface area contributed by atoms with Crippen LogP contribution in [0.5, 0.6) is 0 Å². The molecule has 3 aromatic rings. The highest BCUT2D eigenvalue weighted by molar-refractivity contribution is 7.17. The van der Waals surface area contributed by atoms with Crippen LogP contribution in [0.25, 0.3) is 10.6 Å². The number of aryl methyl sites for hydroxylation is 1. The molecule has 0 aromatic carbocycles. The lowest BCUT2D eigenvalue weighted by molar-refractivity contribution is 0.0787. The fraction of sp³-hybridized carbons (Fsp3) is 0.176. The Labute approximate surface area is 138 Å². The van der Waals surface area contributed by atoms with Crippen molar-refractivity contribution < 1.29 is 4.79 Å². The monoisotopic (exact) mass is 324 g/mol. The Kier molecular flexibility index (Phi) is 4.43. The van der Waals surface area contributed by atoms with Gasteiger partial charge in [0.2, 0.25) is 0 Å².